The lowest BCUT2D eigenvalue weighted by Gasteiger charge is -2.37. The number of nitrogens with one attached hydrogen (secondary N) is 2. The predicted molar refractivity (Wildman–Crippen MR) is 115 cm³/mol. The summed E-state index contributed by atoms with van der Waals surface area (Å²) in [4.78, 5) is 2.47. The van der Waals surface area contributed by atoms with Gasteiger partial charge >= 0.3 is 0 Å². The smallest absolute Gasteiger partial charge is 0.129 e. The molecule has 3 aliphatic heterocycles. The van der Waals surface area contributed by atoms with Crippen LogP contribution in [0.15, 0.2) is 48.8 Å². The molecule has 0 amide bonds. The van der Waals surface area contributed by atoms with E-state index in [0.29, 0.717) is 24.7 Å². The Morgan fingerprint density at radius 2 is 1.83 bits per heavy atom. The summed E-state index contributed by atoms with van der Waals surface area (Å²) in [5, 5.41) is 10.7. The molecule has 2 bridgehead atoms. The second kappa shape index (κ2) is 6.63. The predicted octanol–water partition coefficient (Wildman–Crippen LogP) is 4.36. The van der Waals surface area contributed by atoms with Crippen molar-refractivity contribution in [1.82, 2.24) is 15.5 Å². The number of H-pyrrole nitrogens is 1. The van der Waals surface area contributed by atoms with Crippen molar-refractivity contribution in [3.8, 4) is 28.0 Å². The van der Waals surface area contributed by atoms with Crippen molar-refractivity contribution < 1.29 is 4.74 Å². The Bertz CT molecular complexity index is 1030. The molecule has 3 atom stereocenters. The van der Waals surface area contributed by atoms with Crippen molar-refractivity contribution in [2.75, 3.05) is 11.9 Å². The minimum absolute atomic E-state index is 0.610. The number of anilines is 1. The van der Waals surface area contributed by atoms with E-state index in [4.69, 9.17) is 4.74 Å². The molecule has 0 radical (unpaired) electrons. The van der Waals surface area contributed by atoms with Gasteiger partial charge in [0.05, 0.1) is 6.20 Å². The van der Waals surface area contributed by atoms with Crippen molar-refractivity contribution >= 4 is 5.69 Å². The van der Waals surface area contributed by atoms with Crippen molar-refractivity contribution in [3.63, 3.8) is 0 Å². The van der Waals surface area contributed by atoms with E-state index >= 15 is 0 Å². The summed E-state index contributed by atoms with van der Waals surface area (Å²) in [6, 6.07) is 15.3. The van der Waals surface area contributed by atoms with Crippen LogP contribution in [0.4, 0.5) is 5.69 Å². The quantitative estimate of drug-likeness (QED) is 0.702. The van der Waals surface area contributed by atoms with Crippen LogP contribution in [0.3, 0.4) is 0 Å². The molecular formula is C24H26N4O. The highest BCUT2D eigenvalue weighted by molar-refractivity contribution is 5.80. The van der Waals surface area contributed by atoms with Crippen LogP contribution in [0.1, 0.15) is 31.2 Å². The molecule has 29 heavy (non-hydrogen) atoms. The fourth-order valence-corrected chi connectivity index (χ4v) is 5.35. The first kappa shape index (κ1) is 17.1. The molecule has 2 N–H and O–H groups in total. The number of ether oxygens (including phenoxy) is 1. The largest absolute Gasteiger partial charge is 0.488 e. The van der Waals surface area contributed by atoms with Gasteiger partial charge in [0.1, 0.15) is 12.4 Å². The van der Waals surface area contributed by atoms with Gasteiger partial charge in [0.25, 0.3) is 0 Å². The van der Waals surface area contributed by atoms with E-state index < -0.39 is 0 Å². The zero-order valence-electron chi connectivity index (χ0n) is 16.7. The van der Waals surface area contributed by atoms with Gasteiger partial charge in [-0.3, -0.25) is 5.10 Å². The maximum absolute atomic E-state index is 6.19. The van der Waals surface area contributed by atoms with Gasteiger partial charge < -0.3 is 15.0 Å². The SMILES string of the molecule is CN(c1ccc2c(c1)OCc1cc(-c3cn[nH]c3)ccc1-2)C1C[C@H]2CC[C@@H](C1)N2. The van der Waals surface area contributed by atoms with Crippen LogP contribution in [0.5, 0.6) is 5.75 Å². The molecule has 2 aromatic carbocycles. The molecule has 148 valence electrons. The molecule has 6 rings (SSSR count). The van der Waals surface area contributed by atoms with E-state index in [1.54, 1.807) is 0 Å². The molecular weight excluding hydrogens is 360 g/mol. The standard InChI is InChI=1S/C24H26N4O/c1-28(21-9-18-3-4-19(10-21)27-18)20-5-7-23-22-6-2-15(17-12-25-26-13-17)8-16(22)14-29-24(23)11-20/h2,5-8,11-13,18-19,21,27H,3-4,9-10,14H2,1H3,(H,25,26)/t18-,19+,21?. The number of rotatable bonds is 3. The number of fused-ring (bicyclic) bond motifs is 5. The Hall–Kier alpha value is -2.79. The van der Waals surface area contributed by atoms with Gasteiger partial charge in [0.2, 0.25) is 0 Å². The molecule has 5 heteroatoms. The third kappa shape index (κ3) is 2.92. The Labute approximate surface area is 171 Å². The first-order valence-corrected chi connectivity index (χ1v) is 10.6. The van der Waals surface area contributed by atoms with Crippen LogP contribution in [0.25, 0.3) is 22.3 Å². The highest BCUT2D eigenvalue weighted by Crippen LogP contribution is 2.42. The zero-order chi connectivity index (χ0) is 19.4. The molecule has 0 aliphatic carbocycles. The average molecular weight is 386 g/mol. The summed E-state index contributed by atoms with van der Waals surface area (Å²) < 4.78 is 6.19. The Balaban J connectivity index is 1.29. The average Bonchev–Trinajstić information content (AvgIpc) is 3.42. The van der Waals surface area contributed by atoms with E-state index in [1.165, 1.54) is 53.6 Å². The molecule has 2 saturated heterocycles. The van der Waals surface area contributed by atoms with E-state index in [2.05, 4.69) is 63.9 Å². The normalized spacial score (nSPS) is 24.5. The lowest BCUT2D eigenvalue weighted by molar-refractivity contribution is 0.302. The molecule has 0 saturated carbocycles. The van der Waals surface area contributed by atoms with Gasteiger partial charge in [-0.15, -0.1) is 0 Å². The number of aromatic amines is 1. The van der Waals surface area contributed by atoms with Crippen LogP contribution < -0.4 is 15.0 Å². The van der Waals surface area contributed by atoms with Gasteiger partial charge in [0, 0.05) is 54.3 Å². The molecule has 1 aromatic heterocycles. The monoisotopic (exact) mass is 386 g/mol. The van der Waals surface area contributed by atoms with Gasteiger partial charge in [-0.05, 0) is 60.6 Å². The number of nitrogens with zero attached hydrogens (tertiary/aromatic N) is 2. The fraction of sp³-hybridized carbons (Fsp3) is 0.375. The van der Waals surface area contributed by atoms with Crippen LogP contribution in [-0.2, 0) is 6.61 Å². The van der Waals surface area contributed by atoms with Gasteiger partial charge in [-0.2, -0.15) is 5.10 Å². The zero-order valence-corrected chi connectivity index (χ0v) is 16.7. The number of aromatic nitrogens is 2. The lowest BCUT2D eigenvalue weighted by Crippen LogP contribution is -2.47. The van der Waals surface area contributed by atoms with Gasteiger partial charge in [-0.25, -0.2) is 0 Å². The van der Waals surface area contributed by atoms with E-state index in [0.717, 1.165) is 11.3 Å². The van der Waals surface area contributed by atoms with Crippen LogP contribution in [-0.4, -0.2) is 35.4 Å². The highest BCUT2D eigenvalue weighted by Gasteiger charge is 2.35. The highest BCUT2D eigenvalue weighted by atomic mass is 16.5. The molecule has 5 nitrogen and oxygen atoms in total. The van der Waals surface area contributed by atoms with Crippen LogP contribution >= 0.6 is 0 Å². The van der Waals surface area contributed by atoms with Gasteiger partial charge in [-0.1, -0.05) is 12.1 Å². The summed E-state index contributed by atoms with van der Waals surface area (Å²) >= 11 is 0. The molecule has 3 aromatic rings. The Morgan fingerprint density at radius 1 is 1.00 bits per heavy atom. The van der Waals surface area contributed by atoms with Crippen molar-refractivity contribution in [3.05, 3.63) is 54.4 Å². The number of benzene rings is 2. The summed E-state index contributed by atoms with van der Waals surface area (Å²) in [5.74, 6) is 0.995. The molecule has 4 heterocycles. The minimum Gasteiger partial charge on any atom is -0.488 e. The fourth-order valence-electron chi connectivity index (χ4n) is 5.35. The second-order valence-electron chi connectivity index (χ2n) is 8.70. The van der Waals surface area contributed by atoms with Crippen molar-refractivity contribution in [2.45, 2.75) is 50.4 Å². The molecule has 3 aliphatic rings. The third-order valence-electron chi connectivity index (χ3n) is 6.98. The number of hydrogen-bond acceptors (Lipinski definition) is 4. The summed E-state index contributed by atoms with van der Waals surface area (Å²) in [5.41, 5.74) is 7.22. The Morgan fingerprint density at radius 3 is 2.62 bits per heavy atom. The van der Waals surface area contributed by atoms with Crippen molar-refractivity contribution in [2.24, 2.45) is 0 Å². The maximum atomic E-state index is 6.19. The van der Waals surface area contributed by atoms with E-state index in [-0.39, 0.29) is 0 Å². The lowest BCUT2D eigenvalue weighted by atomic mass is 9.93. The number of hydrogen-bond donors (Lipinski definition) is 2. The van der Waals surface area contributed by atoms with E-state index in [1.807, 2.05) is 12.4 Å². The Kier molecular flexibility index (Phi) is 3.91. The maximum Gasteiger partial charge on any atom is 0.129 e. The molecule has 0 spiro atoms. The van der Waals surface area contributed by atoms with Crippen LogP contribution in [0, 0.1) is 0 Å². The summed E-state index contributed by atoms with van der Waals surface area (Å²) in [6.45, 7) is 0.610. The van der Waals surface area contributed by atoms with E-state index in [9.17, 15) is 0 Å². The molecule has 1 unspecified atom stereocenters. The summed E-state index contributed by atoms with van der Waals surface area (Å²) in [7, 11) is 2.24. The minimum atomic E-state index is 0.610. The first-order valence-electron chi connectivity index (χ1n) is 10.6. The van der Waals surface area contributed by atoms with Crippen LogP contribution in [0.2, 0.25) is 0 Å². The second-order valence-corrected chi connectivity index (χ2v) is 8.70. The van der Waals surface area contributed by atoms with Crippen molar-refractivity contribution in [1.29, 1.82) is 0 Å². The first-order chi connectivity index (χ1) is 14.2. The van der Waals surface area contributed by atoms with Gasteiger partial charge in [0.15, 0.2) is 0 Å². The number of piperidine rings is 1. The topological polar surface area (TPSA) is 53.2 Å². The summed E-state index contributed by atoms with van der Waals surface area (Å²) in [6.07, 6.45) is 8.93. The third-order valence-corrected chi connectivity index (χ3v) is 6.98. The molecule has 2 fully saturated rings.